The van der Waals surface area contributed by atoms with Crippen LogP contribution in [0.5, 0.6) is 0 Å². The van der Waals surface area contributed by atoms with Crippen LogP contribution in [0.15, 0.2) is 39.5 Å². The predicted molar refractivity (Wildman–Crippen MR) is 73.1 cm³/mol. The Morgan fingerprint density at radius 2 is 2.26 bits per heavy atom. The molecule has 0 aliphatic rings. The summed E-state index contributed by atoms with van der Waals surface area (Å²) in [5.41, 5.74) is 1.74. The molecular formula is C13H9BrN2O3. The van der Waals surface area contributed by atoms with Crippen LogP contribution in [-0.2, 0) is 7.05 Å². The normalized spacial score (nSPS) is 11.1. The van der Waals surface area contributed by atoms with Crippen molar-refractivity contribution in [2.75, 3.05) is 0 Å². The Kier molecular flexibility index (Phi) is 2.67. The molecule has 3 rings (SSSR count). The van der Waals surface area contributed by atoms with E-state index in [1.165, 1.54) is 6.07 Å². The molecule has 0 unspecified atom stereocenters. The van der Waals surface area contributed by atoms with Gasteiger partial charge in [0.2, 0.25) is 0 Å². The molecule has 5 nitrogen and oxygen atoms in total. The van der Waals surface area contributed by atoms with Crippen LogP contribution in [0.3, 0.4) is 0 Å². The number of hydrogen-bond acceptors (Lipinski definition) is 3. The Balaban J connectivity index is 2.27. The van der Waals surface area contributed by atoms with Crippen LogP contribution >= 0.6 is 15.9 Å². The van der Waals surface area contributed by atoms with Crippen molar-refractivity contribution in [1.82, 2.24) is 9.72 Å². The average molecular weight is 321 g/mol. The number of hydrogen-bond donors (Lipinski definition) is 1. The lowest BCUT2D eigenvalue weighted by atomic mass is 10.1. The van der Waals surface area contributed by atoms with Gasteiger partial charge in [0.25, 0.3) is 0 Å². The number of carbonyl (C=O) groups is 1. The molecular weight excluding hydrogens is 312 g/mol. The molecule has 1 N–H and O–H groups in total. The van der Waals surface area contributed by atoms with Gasteiger partial charge < -0.3 is 14.2 Å². The number of benzene rings is 1. The fraction of sp³-hybridized carbons (Fsp3) is 0.0769. The number of carboxylic acids is 1. The van der Waals surface area contributed by atoms with Gasteiger partial charge in [0, 0.05) is 40.2 Å². The van der Waals surface area contributed by atoms with Crippen LogP contribution in [0.1, 0.15) is 10.5 Å². The summed E-state index contributed by atoms with van der Waals surface area (Å²) in [5.74, 6) is -0.663. The Hall–Kier alpha value is -2.08. The molecule has 0 aliphatic carbocycles. The number of rotatable bonds is 2. The lowest BCUT2D eigenvalue weighted by molar-refractivity contribution is 0.0686. The van der Waals surface area contributed by atoms with Crippen molar-refractivity contribution in [3.63, 3.8) is 0 Å². The fourth-order valence-corrected chi connectivity index (χ4v) is 2.82. The second-order valence-electron chi connectivity index (χ2n) is 4.17. The molecule has 0 amide bonds. The lowest BCUT2D eigenvalue weighted by Gasteiger charge is -2.00. The molecule has 0 radical (unpaired) electrons. The first-order chi connectivity index (χ1) is 9.08. The van der Waals surface area contributed by atoms with Crippen molar-refractivity contribution >= 4 is 32.8 Å². The van der Waals surface area contributed by atoms with Gasteiger partial charge in [-0.3, -0.25) is 0 Å². The molecule has 6 heteroatoms. The molecule has 19 heavy (non-hydrogen) atoms. The largest absolute Gasteiger partial charge is 0.476 e. The zero-order valence-corrected chi connectivity index (χ0v) is 11.5. The van der Waals surface area contributed by atoms with E-state index in [1.54, 1.807) is 0 Å². The molecule has 0 aliphatic heterocycles. The summed E-state index contributed by atoms with van der Waals surface area (Å²) in [6.07, 6.45) is 1.95. The summed E-state index contributed by atoms with van der Waals surface area (Å²) in [6, 6.07) is 7.18. The van der Waals surface area contributed by atoms with Crippen LogP contribution in [0.4, 0.5) is 0 Å². The van der Waals surface area contributed by atoms with Gasteiger partial charge in [-0.15, -0.1) is 0 Å². The molecule has 3 aromatic rings. The number of carboxylic acid groups (broad SMARTS) is 1. The Bertz CT molecular complexity index is 788. The SMILES string of the molecule is Cn1cc(Br)c2c(-c3cc(C(=O)O)no3)cccc21. The Morgan fingerprint density at radius 1 is 1.47 bits per heavy atom. The van der Waals surface area contributed by atoms with Crippen LogP contribution in [0.2, 0.25) is 0 Å². The third-order valence-corrected chi connectivity index (χ3v) is 3.56. The standard InChI is InChI=1S/C13H9BrN2O3/c1-16-6-8(14)12-7(3-2-4-10(12)16)11-5-9(13(17)18)15-19-11/h2-6H,1H3,(H,17,18). The highest BCUT2D eigenvalue weighted by molar-refractivity contribution is 9.10. The highest BCUT2D eigenvalue weighted by Crippen LogP contribution is 2.35. The molecule has 0 atom stereocenters. The number of aromatic carboxylic acids is 1. The van der Waals surface area contributed by atoms with Gasteiger partial charge in [-0.25, -0.2) is 4.79 Å². The van der Waals surface area contributed by atoms with Gasteiger partial charge in [0.1, 0.15) is 0 Å². The zero-order valence-electron chi connectivity index (χ0n) is 9.92. The fourth-order valence-electron chi connectivity index (χ4n) is 2.10. The molecule has 0 spiro atoms. The van der Waals surface area contributed by atoms with E-state index in [4.69, 9.17) is 9.63 Å². The summed E-state index contributed by atoms with van der Waals surface area (Å²) < 4.78 is 8.03. The molecule has 96 valence electrons. The first kappa shape index (κ1) is 12.0. The smallest absolute Gasteiger partial charge is 0.358 e. The van der Waals surface area contributed by atoms with E-state index in [2.05, 4.69) is 21.1 Å². The summed E-state index contributed by atoms with van der Waals surface area (Å²) in [4.78, 5) is 10.8. The molecule has 0 fully saturated rings. The minimum atomic E-state index is -1.10. The average Bonchev–Trinajstić information content (AvgIpc) is 2.96. The van der Waals surface area contributed by atoms with Gasteiger partial charge in [-0.1, -0.05) is 17.3 Å². The van der Waals surface area contributed by atoms with E-state index in [1.807, 2.05) is 36.0 Å². The van der Waals surface area contributed by atoms with Crippen molar-refractivity contribution in [1.29, 1.82) is 0 Å². The van der Waals surface area contributed by atoms with Gasteiger partial charge in [0.05, 0.1) is 0 Å². The second-order valence-corrected chi connectivity index (χ2v) is 5.02. The molecule has 2 heterocycles. The minimum Gasteiger partial charge on any atom is -0.476 e. The minimum absolute atomic E-state index is 0.0981. The van der Waals surface area contributed by atoms with E-state index in [0.717, 1.165) is 20.9 Å². The molecule has 0 bridgehead atoms. The first-order valence-corrected chi connectivity index (χ1v) is 6.31. The maximum absolute atomic E-state index is 10.8. The number of fused-ring (bicyclic) bond motifs is 1. The topological polar surface area (TPSA) is 68.3 Å². The maximum atomic E-state index is 10.8. The Labute approximate surface area is 116 Å². The summed E-state index contributed by atoms with van der Waals surface area (Å²) in [6.45, 7) is 0. The maximum Gasteiger partial charge on any atom is 0.358 e. The number of halogens is 1. The van der Waals surface area contributed by atoms with Crippen LogP contribution in [0.25, 0.3) is 22.2 Å². The van der Waals surface area contributed by atoms with E-state index in [9.17, 15) is 4.79 Å². The van der Waals surface area contributed by atoms with E-state index >= 15 is 0 Å². The highest BCUT2D eigenvalue weighted by Gasteiger charge is 2.16. The molecule has 0 saturated carbocycles. The van der Waals surface area contributed by atoms with Crippen molar-refractivity contribution in [3.05, 3.63) is 40.6 Å². The number of nitrogens with zero attached hydrogens (tertiary/aromatic N) is 2. The third-order valence-electron chi connectivity index (χ3n) is 2.96. The molecule has 0 saturated heterocycles. The highest BCUT2D eigenvalue weighted by atomic mass is 79.9. The van der Waals surface area contributed by atoms with Gasteiger partial charge in [0.15, 0.2) is 11.5 Å². The predicted octanol–water partition coefficient (Wildman–Crippen LogP) is 3.29. The van der Waals surface area contributed by atoms with Gasteiger partial charge in [-0.05, 0) is 22.0 Å². The number of aryl methyl sites for hydroxylation is 1. The van der Waals surface area contributed by atoms with Crippen molar-refractivity contribution in [2.24, 2.45) is 7.05 Å². The summed E-state index contributed by atoms with van der Waals surface area (Å²) >= 11 is 3.50. The molecule has 2 aromatic heterocycles. The Morgan fingerprint density at radius 3 is 2.95 bits per heavy atom. The van der Waals surface area contributed by atoms with Crippen molar-refractivity contribution < 1.29 is 14.4 Å². The summed E-state index contributed by atoms with van der Waals surface area (Å²) in [7, 11) is 1.94. The van der Waals surface area contributed by atoms with Crippen LogP contribution in [-0.4, -0.2) is 20.8 Å². The third kappa shape index (κ3) is 1.84. The van der Waals surface area contributed by atoms with Gasteiger partial charge >= 0.3 is 5.97 Å². The quantitative estimate of drug-likeness (QED) is 0.786. The van der Waals surface area contributed by atoms with E-state index < -0.39 is 5.97 Å². The lowest BCUT2D eigenvalue weighted by Crippen LogP contribution is -1.94. The van der Waals surface area contributed by atoms with Crippen molar-refractivity contribution in [2.45, 2.75) is 0 Å². The monoisotopic (exact) mass is 320 g/mol. The van der Waals surface area contributed by atoms with Gasteiger partial charge in [-0.2, -0.15) is 0 Å². The van der Waals surface area contributed by atoms with Crippen molar-refractivity contribution in [3.8, 4) is 11.3 Å². The summed E-state index contributed by atoms with van der Waals surface area (Å²) in [5, 5.41) is 13.4. The first-order valence-electron chi connectivity index (χ1n) is 5.52. The second kappa shape index (κ2) is 4.24. The molecule has 1 aromatic carbocycles. The van der Waals surface area contributed by atoms with E-state index in [0.29, 0.717) is 5.76 Å². The zero-order chi connectivity index (χ0) is 13.6. The number of aromatic nitrogens is 2. The van der Waals surface area contributed by atoms with Crippen LogP contribution in [0, 0.1) is 0 Å². The van der Waals surface area contributed by atoms with E-state index in [-0.39, 0.29) is 5.69 Å². The van der Waals surface area contributed by atoms with Crippen LogP contribution < -0.4 is 0 Å².